The molecular formula is C14H18O4. The van der Waals surface area contributed by atoms with Gasteiger partial charge in [0.2, 0.25) is 5.78 Å². The van der Waals surface area contributed by atoms with Gasteiger partial charge in [0, 0.05) is 6.92 Å². The van der Waals surface area contributed by atoms with Crippen molar-refractivity contribution in [1.82, 2.24) is 0 Å². The van der Waals surface area contributed by atoms with E-state index in [4.69, 9.17) is 9.47 Å². The highest BCUT2D eigenvalue weighted by atomic mass is 16.5. The highest BCUT2D eigenvalue weighted by Crippen LogP contribution is 2.25. The Balaban J connectivity index is 3.00. The molecule has 0 aliphatic heterocycles. The van der Waals surface area contributed by atoms with E-state index in [9.17, 15) is 9.59 Å². The van der Waals surface area contributed by atoms with Crippen molar-refractivity contribution in [1.29, 1.82) is 0 Å². The Morgan fingerprint density at radius 1 is 1.28 bits per heavy atom. The predicted molar refractivity (Wildman–Crippen MR) is 68.4 cm³/mol. The third kappa shape index (κ3) is 3.58. The van der Waals surface area contributed by atoms with Gasteiger partial charge in [-0.2, -0.15) is 0 Å². The summed E-state index contributed by atoms with van der Waals surface area (Å²) in [7, 11) is 1.51. The van der Waals surface area contributed by atoms with Crippen molar-refractivity contribution in [2.45, 2.75) is 26.7 Å². The van der Waals surface area contributed by atoms with E-state index in [-0.39, 0.29) is 5.56 Å². The molecule has 4 nitrogen and oxygen atoms in total. The van der Waals surface area contributed by atoms with Crippen LogP contribution in [-0.2, 0) is 4.79 Å². The first-order chi connectivity index (χ1) is 8.60. The lowest BCUT2D eigenvalue weighted by Crippen LogP contribution is -2.12. The number of methoxy groups -OCH3 is 1. The second-order valence-corrected chi connectivity index (χ2v) is 3.95. The van der Waals surface area contributed by atoms with Gasteiger partial charge in [0.05, 0.1) is 19.3 Å². The molecule has 0 aromatic heterocycles. The normalized spacial score (nSPS) is 9.94. The Bertz CT molecular complexity index is 437. The smallest absolute Gasteiger partial charge is 0.232 e. The molecule has 1 rings (SSSR count). The van der Waals surface area contributed by atoms with Gasteiger partial charge in [-0.1, -0.05) is 13.3 Å². The zero-order chi connectivity index (χ0) is 13.5. The van der Waals surface area contributed by atoms with E-state index in [0.717, 1.165) is 12.8 Å². The van der Waals surface area contributed by atoms with Crippen molar-refractivity contribution in [3.8, 4) is 11.5 Å². The molecular weight excluding hydrogens is 232 g/mol. The van der Waals surface area contributed by atoms with Crippen LogP contribution in [0.5, 0.6) is 11.5 Å². The molecule has 4 heteroatoms. The Morgan fingerprint density at radius 2 is 2.00 bits per heavy atom. The van der Waals surface area contributed by atoms with Crippen LogP contribution in [0.3, 0.4) is 0 Å². The number of ketones is 2. The molecule has 98 valence electrons. The number of benzene rings is 1. The number of hydrogen-bond acceptors (Lipinski definition) is 4. The van der Waals surface area contributed by atoms with E-state index in [0.29, 0.717) is 18.1 Å². The van der Waals surface area contributed by atoms with Gasteiger partial charge in [-0.05, 0) is 24.6 Å². The maximum absolute atomic E-state index is 11.8. The highest BCUT2D eigenvalue weighted by Gasteiger charge is 2.17. The van der Waals surface area contributed by atoms with Gasteiger partial charge < -0.3 is 9.47 Å². The average Bonchev–Trinajstić information content (AvgIpc) is 2.38. The Kier molecular flexibility index (Phi) is 5.36. The van der Waals surface area contributed by atoms with Crippen LogP contribution in [0.15, 0.2) is 18.2 Å². The van der Waals surface area contributed by atoms with Crippen molar-refractivity contribution in [3.63, 3.8) is 0 Å². The van der Waals surface area contributed by atoms with E-state index < -0.39 is 11.6 Å². The fourth-order valence-corrected chi connectivity index (χ4v) is 1.46. The third-order valence-electron chi connectivity index (χ3n) is 2.51. The molecule has 0 radical (unpaired) electrons. The largest absolute Gasteiger partial charge is 0.497 e. The van der Waals surface area contributed by atoms with E-state index in [1.165, 1.54) is 20.1 Å². The van der Waals surface area contributed by atoms with Crippen LogP contribution in [0.1, 0.15) is 37.0 Å². The molecule has 0 saturated carbocycles. The van der Waals surface area contributed by atoms with Crippen molar-refractivity contribution >= 4 is 11.6 Å². The Labute approximate surface area is 107 Å². The maximum Gasteiger partial charge on any atom is 0.232 e. The van der Waals surface area contributed by atoms with Crippen LogP contribution in [0.2, 0.25) is 0 Å². The van der Waals surface area contributed by atoms with E-state index in [1.54, 1.807) is 12.1 Å². The second kappa shape index (κ2) is 6.79. The lowest BCUT2D eigenvalue weighted by molar-refractivity contribution is -0.113. The Hall–Kier alpha value is -1.84. The first-order valence-electron chi connectivity index (χ1n) is 5.96. The third-order valence-corrected chi connectivity index (χ3v) is 2.51. The number of carbonyl (C=O) groups excluding carboxylic acids is 2. The van der Waals surface area contributed by atoms with Crippen LogP contribution in [0.25, 0.3) is 0 Å². The molecule has 0 heterocycles. The van der Waals surface area contributed by atoms with Crippen LogP contribution in [0.4, 0.5) is 0 Å². The predicted octanol–water partition coefficient (Wildman–Crippen LogP) is 2.65. The fourth-order valence-electron chi connectivity index (χ4n) is 1.46. The second-order valence-electron chi connectivity index (χ2n) is 3.95. The molecule has 0 atom stereocenters. The van der Waals surface area contributed by atoms with Crippen molar-refractivity contribution < 1.29 is 19.1 Å². The minimum atomic E-state index is -0.555. The van der Waals surface area contributed by atoms with E-state index in [1.807, 2.05) is 0 Å². The topological polar surface area (TPSA) is 52.6 Å². The van der Waals surface area contributed by atoms with Crippen LogP contribution in [0, 0.1) is 0 Å². The number of hydrogen-bond donors (Lipinski definition) is 0. The number of ether oxygens (including phenoxy) is 2. The molecule has 0 spiro atoms. The molecule has 0 amide bonds. The van der Waals surface area contributed by atoms with Gasteiger partial charge in [-0.25, -0.2) is 0 Å². The number of unbranched alkanes of at least 4 members (excludes halogenated alkanes) is 1. The van der Waals surface area contributed by atoms with Crippen molar-refractivity contribution in [2.24, 2.45) is 0 Å². The standard InChI is InChI=1S/C14H18O4/c1-4-5-8-18-13-7-6-11(17-3)9-12(13)14(16)10(2)15/h6-7,9H,4-5,8H2,1-3H3. The first-order valence-corrected chi connectivity index (χ1v) is 5.96. The van der Waals surface area contributed by atoms with Crippen molar-refractivity contribution in [2.75, 3.05) is 13.7 Å². The summed E-state index contributed by atoms with van der Waals surface area (Å²) in [5, 5.41) is 0. The molecule has 0 aliphatic rings. The summed E-state index contributed by atoms with van der Waals surface area (Å²) in [6.07, 6.45) is 1.91. The quantitative estimate of drug-likeness (QED) is 0.424. The number of carbonyl (C=O) groups is 2. The zero-order valence-electron chi connectivity index (χ0n) is 11.0. The van der Waals surface area contributed by atoms with E-state index in [2.05, 4.69) is 6.92 Å². The minimum Gasteiger partial charge on any atom is -0.497 e. The molecule has 18 heavy (non-hydrogen) atoms. The summed E-state index contributed by atoms with van der Waals surface area (Å²) < 4.78 is 10.6. The number of rotatable bonds is 7. The summed E-state index contributed by atoms with van der Waals surface area (Å²) in [5.41, 5.74) is 0.262. The van der Waals surface area contributed by atoms with Gasteiger partial charge in [-0.3, -0.25) is 9.59 Å². The summed E-state index contributed by atoms with van der Waals surface area (Å²) in [5.74, 6) is -0.101. The lowest BCUT2D eigenvalue weighted by Gasteiger charge is -2.11. The Morgan fingerprint density at radius 3 is 2.56 bits per heavy atom. The van der Waals surface area contributed by atoms with Crippen LogP contribution >= 0.6 is 0 Å². The summed E-state index contributed by atoms with van der Waals surface area (Å²) in [4.78, 5) is 23.0. The fraction of sp³-hybridized carbons (Fsp3) is 0.429. The van der Waals surface area contributed by atoms with Crippen molar-refractivity contribution in [3.05, 3.63) is 23.8 Å². The highest BCUT2D eigenvalue weighted by molar-refractivity contribution is 6.43. The maximum atomic E-state index is 11.8. The molecule has 0 unspecified atom stereocenters. The first kappa shape index (κ1) is 14.2. The molecule has 1 aromatic rings. The number of Topliss-reactive ketones (excluding diaryl/α,β-unsaturated/α-hetero) is 2. The zero-order valence-corrected chi connectivity index (χ0v) is 11.0. The molecule has 0 N–H and O–H groups in total. The monoisotopic (exact) mass is 250 g/mol. The lowest BCUT2D eigenvalue weighted by atomic mass is 10.1. The van der Waals surface area contributed by atoms with Gasteiger partial charge in [0.25, 0.3) is 0 Å². The van der Waals surface area contributed by atoms with Crippen LogP contribution < -0.4 is 9.47 Å². The van der Waals surface area contributed by atoms with Gasteiger partial charge in [0.15, 0.2) is 5.78 Å². The summed E-state index contributed by atoms with van der Waals surface area (Å²) in [6, 6.07) is 4.90. The van der Waals surface area contributed by atoms with Crippen LogP contribution in [-0.4, -0.2) is 25.3 Å². The van der Waals surface area contributed by atoms with E-state index >= 15 is 0 Å². The average molecular weight is 250 g/mol. The van der Waals surface area contributed by atoms with Gasteiger partial charge >= 0.3 is 0 Å². The molecule has 0 aliphatic carbocycles. The minimum absolute atomic E-state index is 0.262. The summed E-state index contributed by atoms with van der Waals surface area (Å²) >= 11 is 0. The van der Waals surface area contributed by atoms with Gasteiger partial charge in [-0.15, -0.1) is 0 Å². The SMILES string of the molecule is CCCCOc1ccc(OC)cc1C(=O)C(C)=O. The van der Waals surface area contributed by atoms with Gasteiger partial charge in [0.1, 0.15) is 11.5 Å². The molecule has 0 fully saturated rings. The molecule has 0 saturated heterocycles. The molecule has 0 bridgehead atoms. The summed E-state index contributed by atoms with van der Waals surface area (Å²) in [6.45, 7) is 3.83. The molecule has 1 aromatic carbocycles.